The van der Waals surface area contributed by atoms with Crippen LogP contribution in [-0.4, -0.2) is 54.1 Å². The van der Waals surface area contributed by atoms with Crippen LogP contribution in [0, 0.1) is 11.7 Å². The number of hydrogen-bond acceptors (Lipinski definition) is 3. The Labute approximate surface area is 138 Å². The topological polar surface area (TPSA) is 89.9 Å². The number of hydrogen-bond donors (Lipinski definition) is 2. The van der Waals surface area contributed by atoms with E-state index in [-0.39, 0.29) is 24.7 Å². The van der Waals surface area contributed by atoms with Gasteiger partial charge in [0.2, 0.25) is 0 Å². The second-order valence-corrected chi connectivity index (χ2v) is 5.95. The Kier molecular flexibility index (Phi) is 4.37. The molecule has 0 atom stereocenters. The van der Waals surface area contributed by atoms with Gasteiger partial charge in [-0.3, -0.25) is 14.5 Å². The number of halogens is 1. The van der Waals surface area contributed by atoms with E-state index in [1.54, 1.807) is 0 Å². The van der Waals surface area contributed by atoms with Crippen molar-refractivity contribution in [2.24, 2.45) is 5.92 Å². The number of carboxylic acid groups (broad SMARTS) is 1. The Balaban J connectivity index is 1.77. The number of likely N-dealkylation sites (tertiary alicyclic amines) is 1. The van der Waals surface area contributed by atoms with Crippen LogP contribution in [0.2, 0.25) is 0 Å². The normalized spacial score (nSPS) is 18.6. The summed E-state index contributed by atoms with van der Waals surface area (Å²) in [5, 5.41) is 11.7. The van der Waals surface area contributed by atoms with Crippen LogP contribution in [0.5, 0.6) is 0 Å². The van der Waals surface area contributed by atoms with Gasteiger partial charge >= 0.3 is 12.0 Å². The number of carbonyl (C=O) groups is 3. The molecular formula is C16H18FN3O4. The van der Waals surface area contributed by atoms with Gasteiger partial charge in [0.05, 0.1) is 11.5 Å². The Morgan fingerprint density at radius 1 is 1.21 bits per heavy atom. The Bertz CT molecular complexity index is 686. The van der Waals surface area contributed by atoms with E-state index in [9.17, 15) is 18.8 Å². The molecule has 0 bridgehead atoms. The lowest BCUT2D eigenvalue weighted by Gasteiger charge is -2.30. The quantitative estimate of drug-likeness (QED) is 0.871. The van der Waals surface area contributed by atoms with Gasteiger partial charge in [-0.05, 0) is 31.0 Å². The lowest BCUT2D eigenvalue weighted by atomic mass is 9.96. The van der Waals surface area contributed by atoms with Gasteiger partial charge in [0.25, 0.3) is 5.91 Å². The first-order valence-electron chi connectivity index (χ1n) is 7.84. The Morgan fingerprint density at radius 3 is 2.50 bits per heavy atom. The zero-order valence-electron chi connectivity index (χ0n) is 13.0. The van der Waals surface area contributed by atoms with Crippen molar-refractivity contribution in [1.29, 1.82) is 0 Å². The van der Waals surface area contributed by atoms with Crippen molar-refractivity contribution in [1.82, 2.24) is 10.2 Å². The number of anilines is 1. The lowest BCUT2D eigenvalue weighted by Crippen LogP contribution is -2.40. The van der Waals surface area contributed by atoms with Crippen molar-refractivity contribution in [3.05, 3.63) is 29.6 Å². The first kappa shape index (κ1) is 16.2. The van der Waals surface area contributed by atoms with Gasteiger partial charge in [-0.15, -0.1) is 0 Å². The molecule has 2 N–H and O–H groups in total. The zero-order chi connectivity index (χ0) is 17.3. The molecule has 0 saturated carbocycles. The highest BCUT2D eigenvalue weighted by molar-refractivity contribution is 5.98. The van der Waals surface area contributed by atoms with Crippen LogP contribution in [0.1, 0.15) is 23.2 Å². The Hall–Kier alpha value is -2.64. The predicted molar refractivity (Wildman–Crippen MR) is 83.4 cm³/mol. The number of rotatable bonds is 3. The van der Waals surface area contributed by atoms with Crippen LogP contribution >= 0.6 is 0 Å². The van der Waals surface area contributed by atoms with Crippen LogP contribution in [0.3, 0.4) is 0 Å². The first-order chi connectivity index (χ1) is 11.5. The lowest BCUT2D eigenvalue weighted by molar-refractivity contribution is -0.143. The number of nitrogens with zero attached hydrogens (tertiary/aromatic N) is 2. The van der Waals surface area contributed by atoms with Crippen molar-refractivity contribution in [3.63, 3.8) is 0 Å². The van der Waals surface area contributed by atoms with Crippen molar-refractivity contribution in [2.45, 2.75) is 12.8 Å². The van der Waals surface area contributed by atoms with E-state index in [4.69, 9.17) is 5.11 Å². The van der Waals surface area contributed by atoms with E-state index in [1.807, 2.05) is 0 Å². The van der Waals surface area contributed by atoms with Crippen molar-refractivity contribution in [2.75, 3.05) is 31.1 Å². The number of aliphatic carboxylic acids is 1. The molecule has 3 amide bonds. The highest BCUT2D eigenvalue weighted by Crippen LogP contribution is 2.24. The molecule has 3 rings (SSSR count). The van der Waals surface area contributed by atoms with Gasteiger partial charge in [0.1, 0.15) is 5.82 Å². The second kappa shape index (κ2) is 6.46. The number of carbonyl (C=O) groups excluding carboxylic acids is 2. The number of carboxylic acids is 1. The maximum atomic E-state index is 14.1. The molecular weight excluding hydrogens is 317 g/mol. The largest absolute Gasteiger partial charge is 0.481 e. The minimum absolute atomic E-state index is 0.0963. The minimum atomic E-state index is -0.865. The minimum Gasteiger partial charge on any atom is -0.481 e. The van der Waals surface area contributed by atoms with Gasteiger partial charge in [-0.25, -0.2) is 9.18 Å². The number of benzene rings is 1. The molecule has 0 aliphatic carbocycles. The molecule has 1 aromatic carbocycles. The van der Waals surface area contributed by atoms with Gasteiger partial charge in [-0.1, -0.05) is 0 Å². The van der Waals surface area contributed by atoms with E-state index in [1.165, 1.54) is 28.0 Å². The molecule has 0 spiro atoms. The molecule has 0 radical (unpaired) electrons. The standard InChI is InChI=1S/C16H18FN3O4/c17-13-2-1-11(20-8-5-18-16(20)24)9-12(13)14(21)19-6-3-10(4-7-19)15(22)23/h1-2,9-10H,3-8H2,(H,18,24)(H,22,23). The molecule has 2 aliphatic heterocycles. The van der Waals surface area contributed by atoms with Gasteiger partial charge in [-0.2, -0.15) is 0 Å². The summed E-state index contributed by atoms with van der Waals surface area (Å²) < 4.78 is 14.1. The molecule has 2 heterocycles. The summed E-state index contributed by atoms with van der Waals surface area (Å²) >= 11 is 0. The van der Waals surface area contributed by atoms with Gasteiger partial charge in [0.15, 0.2) is 0 Å². The number of amides is 3. The maximum Gasteiger partial charge on any atom is 0.321 e. The third-order valence-corrected chi connectivity index (χ3v) is 4.48. The van der Waals surface area contributed by atoms with E-state index < -0.39 is 23.6 Å². The smallest absolute Gasteiger partial charge is 0.321 e. The van der Waals surface area contributed by atoms with Crippen LogP contribution in [0.25, 0.3) is 0 Å². The highest BCUT2D eigenvalue weighted by Gasteiger charge is 2.29. The first-order valence-corrected chi connectivity index (χ1v) is 7.84. The van der Waals surface area contributed by atoms with Gasteiger partial charge in [0, 0.05) is 31.9 Å². The molecule has 2 saturated heterocycles. The summed E-state index contributed by atoms with van der Waals surface area (Å²) in [7, 11) is 0. The molecule has 1 aromatic rings. The monoisotopic (exact) mass is 335 g/mol. The molecule has 2 fully saturated rings. The molecule has 2 aliphatic rings. The van der Waals surface area contributed by atoms with Crippen LogP contribution < -0.4 is 10.2 Å². The average molecular weight is 335 g/mol. The van der Waals surface area contributed by atoms with Crippen LogP contribution in [0.4, 0.5) is 14.9 Å². The molecule has 0 aromatic heterocycles. The SMILES string of the molecule is O=C(O)C1CCN(C(=O)c2cc(N3CCNC3=O)ccc2F)CC1. The van der Waals surface area contributed by atoms with E-state index in [0.717, 1.165) is 0 Å². The summed E-state index contributed by atoms with van der Waals surface area (Å²) in [5.41, 5.74) is 0.371. The van der Waals surface area contributed by atoms with E-state index in [2.05, 4.69) is 5.32 Å². The second-order valence-electron chi connectivity index (χ2n) is 5.95. The summed E-state index contributed by atoms with van der Waals surface area (Å²) in [6.07, 6.45) is 0.716. The number of piperidine rings is 1. The summed E-state index contributed by atoms with van der Waals surface area (Å²) in [4.78, 5) is 38.2. The average Bonchev–Trinajstić information content (AvgIpc) is 3.01. The van der Waals surface area contributed by atoms with Crippen molar-refractivity contribution in [3.8, 4) is 0 Å². The highest BCUT2D eigenvalue weighted by atomic mass is 19.1. The molecule has 0 unspecified atom stereocenters. The fraction of sp³-hybridized carbons (Fsp3) is 0.438. The zero-order valence-corrected chi connectivity index (χ0v) is 13.0. The van der Waals surface area contributed by atoms with Crippen LogP contribution in [0.15, 0.2) is 18.2 Å². The van der Waals surface area contributed by atoms with E-state index >= 15 is 0 Å². The summed E-state index contributed by atoms with van der Waals surface area (Å²) in [5.74, 6) is -2.45. The maximum absolute atomic E-state index is 14.1. The predicted octanol–water partition coefficient (Wildman–Crippen LogP) is 1.29. The molecule has 128 valence electrons. The summed E-state index contributed by atoms with van der Waals surface area (Å²) in [6.45, 7) is 1.53. The Morgan fingerprint density at radius 2 is 1.92 bits per heavy atom. The van der Waals surface area contributed by atoms with E-state index in [0.29, 0.717) is 31.6 Å². The number of nitrogens with one attached hydrogen (secondary N) is 1. The third kappa shape index (κ3) is 3.04. The number of urea groups is 1. The van der Waals surface area contributed by atoms with Crippen molar-refractivity contribution < 1.29 is 23.9 Å². The fourth-order valence-electron chi connectivity index (χ4n) is 3.06. The summed E-state index contributed by atoms with van der Waals surface area (Å²) in [6, 6.07) is 3.75. The third-order valence-electron chi connectivity index (χ3n) is 4.48. The molecule has 24 heavy (non-hydrogen) atoms. The van der Waals surface area contributed by atoms with Crippen molar-refractivity contribution >= 4 is 23.6 Å². The van der Waals surface area contributed by atoms with Crippen LogP contribution in [-0.2, 0) is 4.79 Å². The van der Waals surface area contributed by atoms with Gasteiger partial charge < -0.3 is 15.3 Å². The fourth-order valence-corrected chi connectivity index (χ4v) is 3.06. The molecule has 7 nitrogen and oxygen atoms in total. The molecule has 8 heteroatoms.